The van der Waals surface area contributed by atoms with E-state index >= 15 is 0 Å². The number of aromatic nitrogens is 4. The minimum atomic E-state index is 0.0412. The van der Waals surface area contributed by atoms with Gasteiger partial charge in [-0.1, -0.05) is 27.2 Å². The fourth-order valence-electron chi connectivity index (χ4n) is 3.56. The van der Waals surface area contributed by atoms with Gasteiger partial charge in [0.2, 0.25) is 0 Å². The molecular weight excluding hydrogens is 336 g/mol. The van der Waals surface area contributed by atoms with Gasteiger partial charge < -0.3 is 4.90 Å². The number of anilines is 1. The molecular formula is C21H30N6. The molecule has 0 aromatic carbocycles. The van der Waals surface area contributed by atoms with Crippen molar-refractivity contribution in [2.24, 2.45) is 0 Å². The Bertz CT molecular complexity index is 755. The lowest BCUT2D eigenvalue weighted by Crippen LogP contribution is -2.58. The molecule has 6 heteroatoms. The largest absolute Gasteiger partial charge is 0.352 e. The molecule has 2 aromatic heterocycles. The molecule has 0 N–H and O–H groups in total. The van der Waals surface area contributed by atoms with Crippen LogP contribution < -0.4 is 4.90 Å². The molecule has 2 aromatic rings. The van der Waals surface area contributed by atoms with E-state index in [1.54, 1.807) is 0 Å². The van der Waals surface area contributed by atoms with Crippen molar-refractivity contribution < 1.29 is 0 Å². The van der Waals surface area contributed by atoms with Crippen LogP contribution in [0.4, 0.5) is 5.82 Å². The van der Waals surface area contributed by atoms with Crippen LogP contribution in [0.15, 0.2) is 24.5 Å². The SMILES string of the molecule is CN(Cc1cnc(C2CCC2)nc1)C1CN(c2ccc(C(C)(C)C)nn2)C1. The first-order valence-corrected chi connectivity index (χ1v) is 10.0. The number of hydrogen-bond donors (Lipinski definition) is 0. The van der Waals surface area contributed by atoms with E-state index < -0.39 is 0 Å². The van der Waals surface area contributed by atoms with Gasteiger partial charge in [0.15, 0.2) is 5.82 Å². The van der Waals surface area contributed by atoms with Crippen molar-refractivity contribution in [3.63, 3.8) is 0 Å². The van der Waals surface area contributed by atoms with Crippen LogP contribution in [0.5, 0.6) is 0 Å². The predicted octanol–water partition coefficient (Wildman–Crippen LogP) is 3.15. The Morgan fingerprint density at radius 1 is 1.07 bits per heavy atom. The maximum atomic E-state index is 4.58. The summed E-state index contributed by atoms with van der Waals surface area (Å²) in [6.45, 7) is 9.34. The molecule has 2 aliphatic rings. The second-order valence-electron chi connectivity index (χ2n) is 9.08. The first-order chi connectivity index (χ1) is 12.9. The van der Waals surface area contributed by atoms with Gasteiger partial charge in [0.1, 0.15) is 5.82 Å². The van der Waals surface area contributed by atoms with E-state index in [4.69, 9.17) is 0 Å². The normalized spacial score (nSPS) is 18.5. The van der Waals surface area contributed by atoms with Gasteiger partial charge in [0.25, 0.3) is 0 Å². The Kier molecular flexibility index (Phi) is 4.84. The molecule has 0 bridgehead atoms. The Balaban J connectivity index is 1.28. The van der Waals surface area contributed by atoms with Gasteiger partial charge in [0, 0.05) is 55.0 Å². The third-order valence-corrected chi connectivity index (χ3v) is 5.86. The molecule has 1 aliphatic heterocycles. The molecule has 2 fully saturated rings. The Labute approximate surface area is 162 Å². The van der Waals surface area contributed by atoms with Crippen molar-refractivity contribution in [1.29, 1.82) is 0 Å². The number of likely N-dealkylation sites (N-methyl/N-ethyl adjacent to an activating group) is 1. The van der Waals surface area contributed by atoms with E-state index in [0.29, 0.717) is 12.0 Å². The maximum absolute atomic E-state index is 4.58. The van der Waals surface area contributed by atoms with E-state index in [1.807, 2.05) is 12.4 Å². The second kappa shape index (κ2) is 7.15. The van der Waals surface area contributed by atoms with Crippen molar-refractivity contribution in [1.82, 2.24) is 25.1 Å². The second-order valence-corrected chi connectivity index (χ2v) is 9.08. The standard InChI is InChI=1S/C21H30N6/c1-21(2,3)18-8-9-19(25-24-18)27-13-17(14-27)26(4)12-15-10-22-20(23-11-15)16-6-5-7-16/h8-11,16-17H,5-7,12-14H2,1-4H3. The summed E-state index contributed by atoms with van der Waals surface area (Å²) in [5.74, 6) is 2.60. The number of nitrogens with zero attached hydrogens (tertiary/aromatic N) is 6. The van der Waals surface area contributed by atoms with E-state index in [2.05, 4.69) is 69.9 Å². The highest BCUT2D eigenvalue weighted by Gasteiger charge is 2.31. The summed E-state index contributed by atoms with van der Waals surface area (Å²) in [5, 5.41) is 8.82. The van der Waals surface area contributed by atoms with E-state index in [9.17, 15) is 0 Å². The van der Waals surface area contributed by atoms with E-state index in [-0.39, 0.29) is 5.41 Å². The zero-order valence-corrected chi connectivity index (χ0v) is 16.9. The predicted molar refractivity (Wildman–Crippen MR) is 107 cm³/mol. The minimum Gasteiger partial charge on any atom is -0.352 e. The summed E-state index contributed by atoms with van der Waals surface area (Å²) < 4.78 is 0. The van der Waals surface area contributed by atoms with E-state index in [1.165, 1.54) is 24.8 Å². The number of hydrogen-bond acceptors (Lipinski definition) is 6. The smallest absolute Gasteiger partial charge is 0.151 e. The van der Waals surface area contributed by atoms with Crippen LogP contribution in [-0.2, 0) is 12.0 Å². The summed E-state index contributed by atoms with van der Waals surface area (Å²) in [6.07, 6.45) is 7.82. The molecule has 27 heavy (non-hydrogen) atoms. The fraction of sp³-hybridized carbons (Fsp3) is 0.619. The Morgan fingerprint density at radius 3 is 2.30 bits per heavy atom. The molecule has 6 nitrogen and oxygen atoms in total. The van der Waals surface area contributed by atoms with Gasteiger partial charge in [0.05, 0.1) is 5.69 Å². The van der Waals surface area contributed by atoms with Crippen LogP contribution in [0, 0.1) is 0 Å². The molecule has 0 atom stereocenters. The topological polar surface area (TPSA) is 58.0 Å². The van der Waals surface area contributed by atoms with Crippen molar-refractivity contribution in [3.8, 4) is 0 Å². The lowest BCUT2D eigenvalue weighted by molar-refractivity contribution is 0.196. The molecule has 1 saturated heterocycles. The van der Waals surface area contributed by atoms with Crippen molar-refractivity contribution in [3.05, 3.63) is 41.6 Å². The molecule has 1 aliphatic carbocycles. The van der Waals surface area contributed by atoms with Gasteiger partial charge in [-0.3, -0.25) is 4.90 Å². The average Bonchev–Trinajstić information content (AvgIpc) is 2.53. The molecule has 0 radical (unpaired) electrons. The van der Waals surface area contributed by atoms with Crippen LogP contribution in [0.1, 0.15) is 63.0 Å². The summed E-state index contributed by atoms with van der Waals surface area (Å²) in [7, 11) is 2.18. The Hall–Kier alpha value is -2.08. The van der Waals surface area contributed by atoms with Gasteiger partial charge in [-0.2, -0.15) is 5.10 Å². The molecule has 3 heterocycles. The van der Waals surface area contributed by atoms with Crippen LogP contribution >= 0.6 is 0 Å². The quantitative estimate of drug-likeness (QED) is 0.810. The molecule has 144 valence electrons. The average molecular weight is 367 g/mol. The summed E-state index contributed by atoms with van der Waals surface area (Å²) in [5.41, 5.74) is 2.26. The van der Waals surface area contributed by atoms with Crippen LogP contribution in [0.25, 0.3) is 0 Å². The van der Waals surface area contributed by atoms with Crippen LogP contribution in [0.2, 0.25) is 0 Å². The highest BCUT2D eigenvalue weighted by Crippen LogP contribution is 2.34. The summed E-state index contributed by atoms with van der Waals surface area (Å²) >= 11 is 0. The van der Waals surface area contributed by atoms with Gasteiger partial charge in [-0.15, -0.1) is 5.10 Å². The molecule has 4 rings (SSSR count). The first-order valence-electron chi connectivity index (χ1n) is 10.0. The molecule has 0 amide bonds. The highest BCUT2D eigenvalue weighted by atomic mass is 15.4. The molecule has 0 spiro atoms. The van der Waals surface area contributed by atoms with Crippen LogP contribution in [-0.4, -0.2) is 51.2 Å². The Morgan fingerprint density at radius 2 is 1.78 bits per heavy atom. The van der Waals surface area contributed by atoms with Crippen molar-refractivity contribution >= 4 is 5.82 Å². The lowest BCUT2D eigenvalue weighted by Gasteiger charge is -2.44. The highest BCUT2D eigenvalue weighted by molar-refractivity contribution is 5.42. The van der Waals surface area contributed by atoms with Crippen LogP contribution in [0.3, 0.4) is 0 Å². The third kappa shape index (κ3) is 3.95. The lowest BCUT2D eigenvalue weighted by atomic mass is 9.85. The molecule has 0 unspecified atom stereocenters. The summed E-state index contributed by atoms with van der Waals surface area (Å²) in [6, 6.07) is 4.72. The first kappa shape index (κ1) is 18.3. The van der Waals surface area contributed by atoms with Crippen molar-refractivity contribution in [2.75, 3.05) is 25.0 Å². The van der Waals surface area contributed by atoms with Gasteiger partial charge >= 0.3 is 0 Å². The maximum Gasteiger partial charge on any atom is 0.151 e. The monoisotopic (exact) mass is 366 g/mol. The minimum absolute atomic E-state index is 0.0412. The zero-order chi connectivity index (χ0) is 19.0. The van der Waals surface area contributed by atoms with E-state index in [0.717, 1.165) is 37.0 Å². The van der Waals surface area contributed by atoms with Crippen molar-refractivity contribution in [2.45, 2.75) is 64.0 Å². The zero-order valence-electron chi connectivity index (χ0n) is 16.9. The third-order valence-electron chi connectivity index (χ3n) is 5.86. The van der Waals surface area contributed by atoms with Gasteiger partial charge in [-0.05, 0) is 32.0 Å². The molecule has 1 saturated carbocycles. The van der Waals surface area contributed by atoms with Gasteiger partial charge in [-0.25, -0.2) is 9.97 Å². The fourth-order valence-corrected chi connectivity index (χ4v) is 3.56. The summed E-state index contributed by atoms with van der Waals surface area (Å²) in [4.78, 5) is 13.8. The number of rotatable bonds is 5.